The number of nitrogen functional groups attached to an aromatic ring is 1. The maximum atomic E-state index is 12.0. The van der Waals surface area contributed by atoms with Gasteiger partial charge in [0.2, 0.25) is 5.51 Å². The molecule has 0 saturated heterocycles. The van der Waals surface area contributed by atoms with Crippen LogP contribution in [0.2, 0.25) is 0 Å². The fourth-order valence-corrected chi connectivity index (χ4v) is 4.55. The number of nitrogens with zero attached hydrogens (tertiary/aromatic N) is 3. The Morgan fingerprint density at radius 3 is 2.45 bits per heavy atom. The molecule has 0 bridgehead atoms. The second-order valence-electron chi connectivity index (χ2n) is 8.24. The van der Waals surface area contributed by atoms with Crippen molar-refractivity contribution in [2.45, 2.75) is 97.9 Å². The Morgan fingerprint density at radius 1 is 1.10 bits per heavy atom. The van der Waals surface area contributed by atoms with Gasteiger partial charge >= 0.3 is 5.97 Å². The third kappa shape index (κ3) is 9.33. The first kappa shape index (κ1) is 25.2. The van der Waals surface area contributed by atoms with Crippen LogP contribution in [0.15, 0.2) is 11.7 Å². The number of carbonyl (C=O) groups is 1. The van der Waals surface area contributed by atoms with E-state index in [9.17, 15) is 4.79 Å². The van der Waals surface area contributed by atoms with Crippen LogP contribution < -0.4 is 10.3 Å². The first-order chi connectivity index (χ1) is 15.0. The van der Waals surface area contributed by atoms with Gasteiger partial charge in [0.15, 0.2) is 12.2 Å². The largest absolute Gasteiger partial charge is 0.465 e. The summed E-state index contributed by atoms with van der Waals surface area (Å²) in [4.78, 5) is 21.7. The highest BCUT2D eigenvalue weighted by Gasteiger charge is 2.18. The van der Waals surface area contributed by atoms with E-state index < -0.39 is 0 Å². The van der Waals surface area contributed by atoms with Gasteiger partial charge in [0, 0.05) is 26.0 Å². The van der Waals surface area contributed by atoms with Crippen LogP contribution in [0.1, 0.15) is 93.1 Å². The number of hydrogen-bond donors (Lipinski definition) is 1. The van der Waals surface area contributed by atoms with Crippen molar-refractivity contribution in [1.29, 1.82) is 0 Å². The second-order valence-corrected chi connectivity index (χ2v) is 9.18. The van der Waals surface area contributed by atoms with Gasteiger partial charge in [-0.15, -0.1) is 0 Å². The number of anilines is 1. The topological polar surface area (TPSA) is 82.0 Å². The highest BCUT2D eigenvalue weighted by Crippen LogP contribution is 2.15. The predicted molar refractivity (Wildman–Crippen MR) is 126 cm³/mol. The fourth-order valence-electron chi connectivity index (χ4n) is 3.57. The van der Waals surface area contributed by atoms with Crippen LogP contribution in [0.3, 0.4) is 0 Å². The number of carbonyl (C=O) groups excluding carboxylic acids is 1. The second kappa shape index (κ2) is 14.1. The Kier molecular flexibility index (Phi) is 11.5. The third-order valence-corrected chi connectivity index (χ3v) is 6.74. The van der Waals surface area contributed by atoms with Crippen LogP contribution in [-0.4, -0.2) is 22.5 Å². The third-order valence-electron chi connectivity index (χ3n) is 5.59. The number of rotatable bonds is 15. The normalized spacial score (nSPS) is 11.1. The van der Waals surface area contributed by atoms with Crippen LogP contribution >= 0.6 is 11.3 Å². The molecule has 0 aliphatic rings. The Bertz CT molecular complexity index is 807. The summed E-state index contributed by atoms with van der Waals surface area (Å²) >= 11 is 1.68. The zero-order chi connectivity index (χ0) is 22.5. The van der Waals surface area contributed by atoms with Crippen molar-refractivity contribution in [3.63, 3.8) is 0 Å². The van der Waals surface area contributed by atoms with Gasteiger partial charge in [-0.1, -0.05) is 69.6 Å². The van der Waals surface area contributed by atoms with E-state index in [1.54, 1.807) is 17.5 Å². The van der Waals surface area contributed by atoms with Crippen LogP contribution in [0, 0.1) is 13.8 Å². The Balaban J connectivity index is 1.61. The Hall–Kier alpha value is -2.02. The molecule has 2 aromatic heterocycles. The van der Waals surface area contributed by atoms with Crippen LogP contribution in [-0.2, 0) is 22.5 Å². The van der Waals surface area contributed by atoms with Crippen LogP contribution in [0.4, 0.5) is 5.82 Å². The molecule has 0 fully saturated rings. The van der Waals surface area contributed by atoms with Crippen LogP contribution in [0.5, 0.6) is 0 Å². The molecule has 2 N–H and O–H groups in total. The first-order valence-electron chi connectivity index (χ1n) is 11.7. The molecule has 7 heteroatoms. The molecule has 0 aromatic carbocycles. The molecule has 6 nitrogen and oxygen atoms in total. The molecule has 0 aliphatic heterocycles. The molecule has 0 amide bonds. The monoisotopic (exact) mass is 447 g/mol. The van der Waals surface area contributed by atoms with Gasteiger partial charge in [0.1, 0.15) is 11.6 Å². The number of nitrogens with two attached hydrogens (primary N) is 1. The number of aromatic nitrogens is 3. The number of unbranched alkanes of at least 4 members (excludes halogenated alkanes) is 8. The summed E-state index contributed by atoms with van der Waals surface area (Å²) in [5.74, 6) is 1.13. The minimum Gasteiger partial charge on any atom is -0.465 e. The molecule has 2 heterocycles. The van der Waals surface area contributed by atoms with Gasteiger partial charge < -0.3 is 10.5 Å². The van der Waals surface area contributed by atoms with Crippen molar-refractivity contribution >= 4 is 23.1 Å². The van der Waals surface area contributed by atoms with E-state index in [1.165, 1.54) is 55.5 Å². The molecule has 0 saturated carbocycles. The van der Waals surface area contributed by atoms with E-state index in [4.69, 9.17) is 10.5 Å². The van der Waals surface area contributed by atoms with E-state index >= 15 is 0 Å². The minimum atomic E-state index is -0.0744. The van der Waals surface area contributed by atoms with Gasteiger partial charge in [-0.3, -0.25) is 4.79 Å². The summed E-state index contributed by atoms with van der Waals surface area (Å²) in [6.07, 6.45) is 14.3. The molecule has 172 valence electrons. The summed E-state index contributed by atoms with van der Waals surface area (Å²) in [5.41, 5.74) is 10.2. The maximum absolute atomic E-state index is 12.0. The number of hydrogen-bond acceptors (Lipinski definition) is 6. The minimum absolute atomic E-state index is 0.0744. The number of aryl methyl sites for hydroxylation is 1. The maximum Gasteiger partial charge on any atom is 0.305 e. The van der Waals surface area contributed by atoms with Gasteiger partial charge in [0.25, 0.3) is 0 Å². The molecule has 0 spiro atoms. The van der Waals surface area contributed by atoms with Gasteiger partial charge in [-0.2, -0.15) is 4.57 Å². The van der Waals surface area contributed by atoms with Crippen molar-refractivity contribution in [3.05, 3.63) is 33.7 Å². The molecule has 0 radical (unpaired) electrons. The van der Waals surface area contributed by atoms with Crippen molar-refractivity contribution < 1.29 is 14.1 Å². The molecule has 2 rings (SSSR count). The average molecular weight is 448 g/mol. The van der Waals surface area contributed by atoms with Crippen molar-refractivity contribution in [1.82, 2.24) is 9.97 Å². The molecular formula is C24H39N4O2S+. The Labute approximate surface area is 191 Å². The molecule has 0 unspecified atom stereocenters. The number of thiazole rings is 1. The van der Waals surface area contributed by atoms with Gasteiger partial charge in [-0.25, -0.2) is 9.97 Å². The summed E-state index contributed by atoms with van der Waals surface area (Å²) in [7, 11) is 0. The first-order valence-corrected chi connectivity index (χ1v) is 12.6. The zero-order valence-corrected chi connectivity index (χ0v) is 20.3. The highest BCUT2D eigenvalue weighted by atomic mass is 32.1. The smallest absolute Gasteiger partial charge is 0.305 e. The molecule has 0 atom stereocenters. The lowest BCUT2D eigenvalue weighted by molar-refractivity contribution is -0.689. The highest BCUT2D eigenvalue weighted by molar-refractivity contribution is 7.09. The van der Waals surface area contributed by atoms with Gasteiger partial charge in [-0.05, 0) is 13.3 Å². The zero-order valence-electron chi connectivity index (χ0n) is 19.5. The van der Waals surface area contributed by atoms with Crippen molar-refractivity contribution in [2.75, 3.05) is 12.3 Å². The molecule has 2 aromatic rings. The summed E-state index contributed by atoms with van der Waals surface area (Å²) in [6, 6.07) is 0. The van der Waals surface area contributed by atoms with E-state index in [-0.39, 0.29) is 5.97 Å². The lowest BCUT2D eigenvalue weighted by Crippen LogP contribution is -2.35. The SMILES string of the molecule is CCCCCCCCCCCC(=O)OCCc1sc[n+](Cc2cnc(C)nc2N)c1C. The van der Waals surface area contributed by atoms with E-state index in [0.29, 0.717) is 31.2 Å². The summed E-state index contributed by atoms with van der Waals surface area (Å²) in [5, 5.41) is 0. The summed E-state index contributed by atoms with van der Waals surface area (Å²) < 4.78 is 7.60. The van der Waals surface area contributed by atoms with Crippen molar-refractivity contribution in [2.24, 2.45) is 0 Å². The van der Waals surface area contributed by atoms with E-state index in [1.807, 2.05) is 6.92 Å². The van der Waals surface area contributed by atoms with E-state index in [0.717, 1.165) is 24.8 Å². The number of ether oxygens (including phenoxy) is 1. The average Bonchev–Trinajstić information content (AvgIpc) is 3.08. The fraction of sp³-hybridized carbons (Fsp3) is 0.667. The standard InChI is InChI=1S/C24H39N4O2S/c1-4-5-6-7-8-9-10-11-12-13-23(29)30-15-14-22-19(2)28(18-31-22)17-21-16-26-20(3)27-24(21)25/h16,18H,4-15,17H2,1-3H3,(H2,25,26,27)/q+1. The van der Waals surface area contributed by atoms with Crippen LogP contribution in [0.25, 0.3) is 0 Å². The summed E-state index contributed by atoms with van der Waals surface area (Å²) in [6.45, 7) is 7.25. The van der Waals surface area contributed by atoms with Crippen molar-refractivity contribution in [3.8, 4) is 0 Å². The number of esters is 1. The van der Waals surface area contributed by atoms with E-state index in [2.05, 4.69) is 33.9 Å². The molecule has 31 heavy (non-hydrogen) atoms. The molecule has 0 aliphatic carbocycles. The quantitative estimate of drug-likeness (QED) is 0.234. The lowest BCUT2D eigenvalue weighted by atomic mass is 10.1. The Morgan fingerprint density at radius 2 is 1.77 bits per heavy atom. The molecular weight excluding hydrogens is 408 g/mol. The predicted octanol–water partition coefficient (Wildman–Crippen LogP) is 5.08. The lowest BCUT2D eigenvalue weighted by Gasteiger charge is -2.05. The van der Waals surface area contributed by atoms with Gasteiger partial charge in [0.05, 0.1) is 17.0 Å².